The Labute approximate surface area is 103 Å². The normalized spacial score (nSPS) is 10.4. The Hall–Kier alpha value is -1.82. The Bertz CT molecular complexity index is 526. The van der Waals surface area contributed by atoms with E-state index in [2.05, 4.69) is 4.98 Å². The number of hydrogen-bond acceptors (Lipinski definition) is 4. The second kappa shape index (κ2) is 5.01. The Kier molecular flexibility index (Phi) is 3.43. The molecule has 1 aromatic carbocycles. The van der Waals surface area contributed by atoms with Gasteiger partial charge in [-0.1, -0.05) is 12.1 Å². The number of rotatable bonds is 4. The SMILES string of the molecule is CSCc1cccc([N+](=O)[O-])c1-n1ccnc1. The first kappa shape index (κ1) is 11.7. The van der Waals surface area contributed by atoms with Gasteiger partial charge in [-0.15, -0.1) is 0 Å². The van der Waals surface area contributed by atoms with E-state index >= 15 is 0 Å². The Morgan fingerprint density at radius 1 is 1.53 bits per heavy atom. The number of para-hydroxylation sites is 1. The van der Waals surface area contributed by atoms with Gasteiger partial charge in [-0.3, -0.25) is 14.7 Å². The minimum atomic E-state index is -0.362. The fourth-order valence-electron chi connectivity index (χ4n) is 1.69. The second-order valence-corrected chi connectivity index (χ2v) is 4.31. The highest BCUT2D eigenvalue weighted by atomic mass is 32.2. The lowest BCUT2D eigenvalue weighted by Crippen LogP contribution is -2.02. The summed E-state index contributed by atoms with van der Waals surface area (Å²) >= 11 is 1.63. The third kappa shape index (κ3) is 2.31. The van der Waals surface area contributed by atoms with E-state index in [1.807, 2.05) is 12.3 Å². The molecule has 0 aliphatic rings. The molecule has 0 unspecified atom stereocenters. The summed E-state index contributed by atoms with van der Waals surface area (Å²) in [4.78, 5) is 14.6. The number of nitrogens with zero attached hydrogens (tertiary/aromatic N) is 3. The first-order valence-corrected chi connectivity index (χ1v) is 6.37. The number of nitro groups is 1. The van der Waals surface area contributed by atoms with Crippen LogP contribution in [0.25, 0.3) is 5.69 Å². The predicted molar refractivity (Wildman–Crippen MR) is 67.4 cm³/mol. The minimum Gasteiger partial charge on any atom is -0.300 e. The van der Waals surface area contributed by atoms with E-state index in [4.69, 9.17) is 0 Å². The van der Waals surface area contributed by atoms with E-state index in [1.165, 1.54) is 6.07 Å². The van der Waals surface area contributed by atoms with Crippen LogP contribution in [0.3, 0.4) is 0 Å². The van der Waals surface area contributed by atoms with Crippen molar-refractivity contribution in [2.75, 3.05) is 6.26 Å². The number of nitro benzene ring substituents is 1. The van der Waals surface area contributed by atoms with Gasteiger partial charge in [0.15, 0.2) is 0 Å². The van der Waals surface area contributed by atoms with Crippen molar-refractivity contribution in [3.05, 3.63) is 52.6 Å². The first-order chi connectivity index (χ1) is 8.24. The van der Waals surface area contributed by atoms with Crippen molar-refractivity contribution in [3.63, 3.8) is 0 Å². The molecule has 17 heavy (non-hydrogen) atoms. The molecule has 2 rings (SSSR count). The number of benzene rings is 1. The quantitative estimate of drug-likeness (QED) is 0.617. The van der Waals surface area contributed by atoms with E-state index in [0.29, 0.717) is 5.69 Å². The molecule has 0 spiro atoms. The molecule has 6 heteroatoms. The lowest BCUT2D eigenvalue weighted by atomic mass is 10.1. The Morgan fingerprint density at radius 3 is 2.94 bits per heavy atom. The molecule has 0 saturated carbocycles. The zero-order chi connectivity index (χ0) is 12.3. The van der Waals surface area contributed by atoms with Crippen molar-refractivity contribution in [2.45, 2.75) is 5.75 Å². The summed E-state index contributed by atoms with van der Waals surface area (Å²) in [5.41, 5.74) is 1.64. The Balaban J connectivity index is 2.62. The first-order valence-electron chi connectivity index (χ1n) is 4.97. The van der Waals surface area contributed by atoms with Crippen molar-refractivity contribution in [3.8, 4) is 5.69 Å². The highest BCUT2D eigenvalue weighted by Crippen LogP contribution is 2.28. The largest absolute Gasteiger partial charge is 0.300 e. The molecule has 0 bridgehead atoms. The molecule has 1 heterocycles. The maximum absolute atomic E-state index is 11.0. The maximum atomic E-state index is 11.0. The summed E-state index contributed by atoms with van der Waals surface area (Å²) in [5, 5.41) is 11.0. The van der Waals surface area contributed by atoms with Crippen LogP contribution in [-0.2, 0) is 5.75 Å². The van der Waals surface area contributed by atoms with Crippen LogP contribution >= 0.6 is 11.8 Å². The zero-order valence-electron chi connectivity index (χ0n) is 9.24. The van der Waals surface area contributed by atoms with Gasteiger partial charge in [0.05, 0.1) is 11.3 Å². The molecular formula is C11H11N3O2S. The molecule has 0 N–H and O–H groups in total. The molecule has 0 aliphatic heterocycles. The summed E-state index contributed by atoms with van der Waals surface area (Å²) in [5.74, 6) is 0.731. The van der Waals surface area contributed by atoms with Crippen LogP contribution in [-0.4, -0.2) is 20.7 Å². The molecule has 0 aliphatic carbocycles. The topological polar surface area (TPSA) is 61.0 Å². The van der Waals surface area contributed by atoms with Crippen LogP contribution in [0.15, 0.2) is 36.9 Å². The van der Waals surface area contributed by atoms with Crippen LogP contribution in [0.2, 0.25) is 0 Å². The van der Waals surface area contributed by atoms with Crippen LogP contribution < -0.4 is 0 Å². The predicted octanol–water partition coefficient (Wildman–Crippen LogP) is 2.64. The van der Waals surface area contributed by atoms with Crippen molar-refractivity contribution < 1.29 is 4.92 Å². The molecule has 0 radical (unpaired) electrons. The van der Waals surface area contributed by atoms with Crippen molar-refractivity contribution >= 4 is 17.4 Å². The summed E-state index contributed by atoms with van der Waals surface area (Å²) in [7, 11) is 0. The Morgan fingerprint density at radius 2 is 2.35 bits per heavy atom. The average Bonchev–Trinajstić information content (AvgIpc) is 2.82. The van der Waals surface area contributed by atoms with E-state index in [1.54, 1.807) is 41.1 Å². The summed E-state index contributed by atoms with van der Waals surface area (Å²) in [6.07, 6.45) is 6.87. The van der Waals surface area contributed by atoms with Gasteiger partial charge in [-0.2, -0.15) is 11.8 Å². The van der Waals surface area contributed by atoms with Crippen LogP contribution in [0.1, 0.15) is 5.56 Å². The molecule has 0 saturated heterocycles. The van der Waals surface area contributed by atoms with E-state index in [9.17, 15) is 10.1 Å². The van der Waals surface area contributed by atoms with Gasteiger partial charge in [-0.25, -0.2) is 4.98 Å². The molecule has 2 aromatic rings. The molecule has 0 atom stereocenters. The lowest BCUT2D eigenvalue weighted by molar-refractivity contribution is -0.384. The third-order valence-electron chi connectivity index (χ3n) is 2.36. The summed E-state index contributed by atoms with van der Waals surface area (Å²) in [6, 6.07) is 5.13. The molecule has 88 valence electrons. The van der Waals surface area contributed by atoms with Crippen LogP contribution in [0.5, 0.6) is 0 Å². The van der Waals surface area contributed by atoms with E-state index < -0.39 is 0 Å². The van der Waals surface area contributed by atoms with Gasteiger partial charge in [0.2, 0.25) is 0 Å². The van der Waals surface area contributed by atoms with Crippen LogP contribution in [0, 0.1) is 10.1 Å². The van der Waals surface area contributed by atoms with Crippen molar-refractivity contribution in [2.24, 2.45) is 0 Å². The fourth-order valence-corrected chi connectivity index (χ4v) is 2.23. The highest BCUT2D eigenvalue weighted by Gasteiger charge is 2.18. The molecule has 0 fully saturated rings. The van der Waals surface area contributed by atoms with Crippen molar-refractivity contribution in [1.82, 2.24) is 9.55 Å². The van der Waals surface area contributed by atoms with Gasteiger partial charge in [0.25, 0.3) is 5.69 Å². The monoisotopic (exact) mass is 249 g/mol. The minimum absolute atomic E-state index is 0.106. The highest BCUT2D eigenvalue weighted by molar-refractivity contribution is 7.97. The molecule has 1 aromatic heterocycles. The smallest absolute Gasteiger partial charge is 0.293 e. The summed E-state index contributed by atoms with van der Waals surface area (Å²) < 4.78 is 1.68. The second-order valence-electron chi connectivity index (χ2n) is 3.44. The maximum Gasteiger partial charge on any atom is 0.293 e. The number of imidazole rings is 1. The molecular weight excluding hydrogens is 238 g/mol. The third-order valence-corrected chi connectivity index (χ3v) is 2.96. The fraction of sp³-hybridized carbons (Fsp3) is 0.182. The van der Waals surface area contributed by atoms with Crippen molar-refractivity contribution in [1.29, 1.82) is 0 Å². The van der Waals surface area contributed by atoms with Gasteiger partial charge >= 0.3 is 0 Å². The molecule has 0 amide bonds. The number of hydrogen-bond donors (Lipinski definition) is 0. The number of aromatic nitrogens is 2. The van der Waals surface area contributed by atoms with E-state index in [0.717, 1.165) is 11.3 Å². The van der Waals surface area contributed by atoms with Gasteiger partial charge < -0.3 is 0 Å². The van der Waals surface area contributed by atoms with Gasteiger partial charge in [0.1, 0.15) is 5.69 Å². The number of thioether (sulfide) groups is 1. The zero-order valence-corrected chi connectivity index (χ0v) is 10.1. The van der Waals surface area contributed by atoms with Gasteiger partial charge in [0, 0.05) is 24.2 Å². The average molecular weight is 249 g/mol. The standard InChI is InChI=1S/C11H11N3O2S/c1-17-7-9-3-2-4-10(14(15)16)11(9)13-6-5-12-8-13/h2-6,8H,7H2,1H3. The molecule has 5 nitrogen and oxygen atoms in total. The van der Waals surface area contributed by atoms with E-state index in [-0.39, 0.29) is 10.6 Å². The van der Waals surface area contributed by atoms with Gasteiger partial charge in [-0.05, 0) is 11.8 Å². The van der Waals surface area contributed by atoms with Crippen LogP contribution in [0.4, 0.5) is 5.69 Å². The lowest BCUT2D eigenvalue weighted by Gasteiger charge is -2.09. The summed E-state index contributed by atoms with van der Waals surface area (Å²) in [6.45, 7) is 0.